The van der Waals surface area contributed by atoms with Crippen LogP contribution in [-0.4, -0.2) is 15.8 Å². The Morgan fingerprint density at radius 3 is 2.80 bits per heavy atom. The number of aldehydes is 1. The molecule has 0 fully saturated rings. The predicted octanol–water partition coefficient (Wildman–Crippen LogP) is 2.13. The molecule has 0 aliphatic heterocycles. The summed E-state index contributed by atoms with van der Waals surface area (Å²) < 4.78 is 15.1. The summed E-state index contributed by atoms with van der Waals surface area (Å²) in [5.74, 6) is 0.254. The van der Waals surface area contributed by atoms with E-state index in [1.54, 1.807) is 23.0 Å². The third-order valence-corrected chi connectivity index (χ3v) is 2.21. The third-order valence-electron chi connectivity index (χ3n) is 2.21. The third kappa shape index (κ3) is 1.66. The Labute approximate surface area is 86.2 Å². The molecule has 15 heavy (non-hydrogen) atoms. The number of nitrogens with zero attached hydrogens (tertiary/aromatic N) is 2. The van der Waals surface area contributed by atoms with Crippen molar-refractivity contribution < 1.29 is 9.18 Å². The Morgan fingerprint density at radius 1 is 1.47 bits per heavy atom. The fourth-order valence-corrected chi connectivity index (χ4v) is 1.41. The minimum absolute atomic E-state index is 0.0662. The summed E-state index contributed by atoms with van der Waals surface area (Å²) in [6, 6.07) is 4.46. The fraction of sp³-hybridized carbons (Fsp3) is 0.0909. The highest BCUT2D eigenvalue weighted by Crippen LogP contribution is 2.14. The van der Waals surface area contributed by atoms with Crippen molar-refractivity contribution in [2.45, 2.75) is 6.92 Å². The summed E-state index contributed by atoms with van der Waals surface area (Å²) in [7, 11) is 0. The molecule has 0 saturated carbocycles. The molecule has 4 heteroatoms. The molecule has 2 aromatic rings. The second-order valence-corrected chi connectivity index (χ2v) is 3.17. The van der Waals surface area contributed by atoms with Crippen LogP contribution in [0.15, 0.2) is 30.6 Å². The lowest BCUT2D eigenvalue weighted by Crippen LogP contribution is -1.97. The number of hydrogen-bond acceptors (Lipinski definition) is 2. The van der Waals surface area contributed by atoms with Gasteiger partial charge in [-0.05, 0) is 25.1 Å². The number of benzene rings is 1. The maximum atomic E-state index is 13.3. The summed E-state index contributed by atoms with van der Waals surface area (Å²) >= 11 is 0. The van der Waals surface area contributed by atoms with Crippen molar-refractivity contribution in [2.24, 2.45) is 0 Å². The Bertz CT molecular complexity index is 505. The van der Waals surface area contributed by atoms with E-state index in [1.807, 2.05) is 6.92 Å². The second kappa shape index (κ2) is 3.65. The molecule has 0 spiro atoms. The number of aryl methyl sites for hydroxylation is 1. The molecule has 0 unspecified atom stereocenters. The molecule has 0 amide bonds. The second-order valence-electron chi connectivity index (χ2n) is 3.17. The van der Waals surface area contributed by atoms with Crippen LogP contribution in [0.3, 0.4) is 0 Å². The van der Waals surface area contributed by atoms with Gasteiger partial charge in [-0.3, -0.25) is 4.79 Å². The van der Waals surface area contributed by atoms with Gasteiger partial charge in [-0.1, -0.05) is 0 Å². The lowest BCUT2D eigenvalue weighted by molar-refractivity contribution is 0.112. The molecule has 2 rings (SSSR count). The molecule has 0 N–H and O–H groups in total. The van der Waals surface area contributed by atoms with Gasteiger partial charge in [0.25, 0.3) is 0 Å². The van der Waals surface area contributed by atoms with Crippen LogP contribution in [0.5, 0.6) is 0 Å². The molecule has 1 heterocycles. The lowest BCUT2D eigenvalue weighted by Gasteiger charge is -2.05. The number of carbonyl (C=O) groups excluding carboxylic acids is 1. The van der Waals surface area contributed by atoms with Crippen molar-refractivity contribution in [1.82, 2.24) is 9.55 Å². The van der Waals surface area contributed by atoms with E-state index in [0.717, 1.165) is 5.82 Å². The minimum Gasteiger partial charge on any atom is -0.304 e. The highest BCUT2D eigenvalue weighted by Gasteiger charge is 2.05. The average Bonchev–Trinajstić information content (AvgIpc) is 2.64. The summed E-state index contributed by atoms with van der Waals surface area (Å²) in [5.41, 5.74) is 0.726. The molecule has 0 saturated heterocycles. The first-order chi connectivity index (χ1) is 7.22. The molecule has 76 valence electrons. The number of halogens is 1. The van der Waals surface area contributed by atoms with E-state index < -0.39 is 5.82 Å². The van der Waals surface area contributed by atoms with Gasteiger partial charge in [-0.2, -0.15) is 0 Å². The maximum absolute atomic E-state index is 13.3. The van der Waals surface area contributed by atoms with E-state index in [-0.39, 0.29) is 5.56 Å². The van der Waals surface area contributed by atoms with Gasteiger partial charge in [-0.15, -0.1) is 0 Å². The average molecular weight is 204 g/mol. The van der Waals surface area contributed by atoms with Crippen molar-refractivity contribution in [2.75, 3.05) is 0 Å². The normalized spacial score (nSPS) is 10.3. The summed E-state index contributed by atoms with van der Waals surface area (Å²) in [6.45, 7) is 1.82. The Kier molecular flexibility index (Phi) is 2.33. The summed E-state index contributed by atoms with van der Waals surface area (Å²) in [6.07, 6.45) is 3.88. The van der Waals surface area contributed by atoms with Crippen LogP contribution in [0.1, 0.15) is 16.2 Å². The zero-order valence-electron chi connectivity index (χ0n) is 8.14. The largest absolute Gasteiger partial charge is 0.304 e. The van der Waals surface area contributed by atoms with E-state index >= 15 is 0 Å². The Morgan fingerprint density at radius 2 is 2.27 bits per heavy atom. The lowest BCUT2D eigenvalue weighted by atomic mass is 10.2. The first-order valence-corrected chi connectivity index (χ1v) is 4.47. The Hall–Kier alpha value is -1.97. The van der Waals surface area contributed by atoms with Crippen molar-refractivity contribution in [1.29, 1.82) is 0 Å². The first-order valence-electron chi connectivity index (χ1n) is 4.47. The Balaban J connectivity index is 2.52. The highest BCUT2D eigenvalue weighted by molar-refractivity contribution is 5.75. The van der Waals surface area contributed by atoms with Crippen molar-refractivity contribution in [3.05, 3.63) is 47.8 Å². The molecule has 3 nitrogen and oxygen atoms in total. The van der Waals surface area contributed by atoms with Crippen LogP contribution in [0.4, 0.5) is 4.39 Å². The number of carbonyl (C=O) groups is 1. The molecule has 0 aliphatic carbocycles. The van der Waals surface area contributed by atoms with Crippen LogP contribution >= 0.6 is 0 Å². The SMILES string of the molecule is Cc1nccn1-c1ccc(C=O)c(F)c1. The molecule has 0 bridgehead atoms. The van der Waals surface area contributed by atoms with Gasteiger partial charge in [0.2, 0.25) is 0 Å². The smallest absolute Gasteiger partial charge is 0.152 e. The highest BCUT2D eigenvalue weighted by atomic mass is 19.1. The maximum Gasteiger partial charge on any atom is 0.152 e. The monoisotopic (exact) mass is 204 g/mol. The topological polar surface area (TPSA) is 34.9 Å². The predicted molar refractivity (Wildman–Crippen MR) is 53.6 cm³/mol. The zero-order chi connectivity index (χ0) is 10.8. The van der Waals surface area contributed by atoms with Crippen LogP contribution in [0.2, 0.25) is 0 Å². The number of imidazole rings is 1. The van der Waals surface area contributed by atoms with E-state index in [1.165, 1.54) is 12.1 Å². The summed E-state index contributed by atoms with van der Waals surface area (Å²) in [4.78, 5) is 14.5. The van der Waals surface area contributed by atoms with Gasteiger partial charge in [0, 0.05) is 18.1 Å². The van der Waals surface area contributed by atoms with E-state index in [9.17, 15) is 9.18 Å². The molecule has 0 aliphatic rings. The van der Waals surface area contributed by atoms with Crippen LogP contribution in [-0.2, 0) is 0 Å². The van der Waals surface area contributed by atoms with Crippen LogP contribution < -0.4 is 0 Å². The molecule has 1 aromatic heterocycles. The molecule has 0 radical (unpaired) electrons. The number of aromatic nitrogens is 2. The van der Waals surface area contributed by atoms with Crippen LogP contribution in [0.25, 0.3) is 5.69 Å². The molecular formula is C11H9FN2O. The molecule has 1 aromatic carbocycles. The van der Waals surface area contributed by atoms with E-state index in [4.69, 9.17) is 0 Å². The molecule has 0 atom stereocenters. The van der Waals surface area contributed by atoms with Gasteiger partial charge >= 0.3 is 0 Å². The van der Waals surface area contributed by atoms with Crippen molar-refractivity contribution in [3.8, 4) is 5.69 Å². The van der Waals surface area contributed by atoms with Crippen LogP contribution in [0, 0.1) is 12.7 Å². The van der Waals surface area contributed by atoms with Gasteiger partial charge in [0.15, 0.2) is 6.29 Å². The first kappa shape index (κ1) is 9.58. The number of hydrogen-bond donors (Lipinski definition) is 0. The van der Waals surface area contributed by atoms with E-state index in [0.29, 0.717) is 12.0 Å². The van der Waals surface area contributed by atoms with E-state index in [2.05, 4.69) is 4.98 Å². The van der Waals surface area contributed by atoms with Crippen molar-refractivity contribution in [3.63, 3.8) is 0 Å². The fourth-order valence-electron chi connectivity index (χ4n) is 1.41. The zero-order valence-corrected chi connectivity index (χ0v) is 8.14. The molecular weight excluding hydrogens is 195 g/mol. The van der Waals surface area contributed by atoms with Crippen molar-refractivity contribution >= 4 is 6.29 Å². The van der Waals surface area contributed by atoms with Gasteiger partial charge in [0.1, 0.15) is 11.6 Å². The van der Waals surface area contributed by atoms with Gasteiger partial charge < -0.3 is 4.57 Å². The number of rotatable bonds is 2. The van der Waals surface area contributed by atoms with Gasteiger partial charge in [0.05, 0.1) is 5.56 Å². The summed E-state index contributed by atoms with van der Waals surface area (Å²) in [5, 5.41) is 0. The van der Waals surface area contributed by atoms with Gasteiger partial charge in [-0.25, -0.2) is 9.37 Å². The standard InChI is InChI=1S/C11H9FN2O/c1-8-13-4-5-14(8)10-3-2-9(7-15)11(12)6-10/h2-7H,1H3. The quantitative estimate of drug-likeness (QED) is 0.702. The minimum atomic E-state index is -0.518.